The first-order valence-electron chi connectivity index (χ1n) is 12.0. The molecule has 7 heteroatoms. The molecule has 0 radical (unpaired) electrons. The van der Waals surface area contributed by atoms with Gasteiger partial charge >= 0.3 is 0 Å². The summed E-state index contributed by atoms with van der Waals surface area (Å²) in [6.45, 7) is 2.32. The molecular weight excluding hydrogens is 480 g/mol. The lowest BCUT2D eigenvalue weighted by Gasteiger charge is -2.13. The molecule has 4 rings (SSSR count). The van der Waals surface area contributed by atoms with Crippen LogP contribution >= 0.6 is 0 Å². The number of rotatable bonds is 10. The third-order valence-corrected chi connectivity index (χ3v) is 5.42. The zero-order valence-corrected chi connectivity index (χ0v) is 20.7. The van der Waals surface area contributed by atoms with Crippen LogP contribution in [-0.4, -0.2) is 24.2 Å². The Hall–Kier alpha value is -5.17. The molecule has 1 heterocycles. The second kappa shape index (κ2) is 12.7. The van der Waals surface area contributed by atoms with Crippen molar-refractivity contribution in [3.8, 4) is 5.75 Å². The van der Waals surface area contributed by atoms with Crippen LogP contribution in [0.3, 0.4) is 0 Å². The first-order valence-corrected chi connectivity index (χ1v) is 12.0. The van der Waals surface area contributed by atoms with Gasteiger partial charge in [-0.1, -0.05) is 36.4 Å². The Bertz CT molecular complexity index is 1450. The average molecular weight is 507 g/mol. The monoisotopic (exact) mass is 506 g/mol. The van der Waals surface area contributed by atoms with Gasteiger partial charge in [-0.15, -0.1) is 0 Å². The van der Waals surface area contributed by atoms with E-state index in [9.17, 15) is 14.4 Å². The predicted octanol–water partition coefficient (Wildman–Crippen LogP) is 5.98. The predicted molar refractivity (Wildman–Crippen MR) is 147 cm³/mol. The molecule has 0 aliphatic heterocycles. The van der Waals surface area contributed by atoms with Gasteiger partial charge in [0.25, 0.3) is 11.8 Å². The summed E-state index contributed by atoms with van der Waals surface area (Å²) in [6.07, 6.45) is 6.10. The van der Waals surface area contributed by atoms with E-state index in [0.717, 1.165) is 0 Å². The molecule has 0 spiro atoms. The van der Waals surface area contributed by atoms with E-state index in [1.54, 1.807) is 91.0 Å². The van der Waals surface area contributed by atoms with E-state index in [2.05, 4.69) is 10.6 Å². The number of hydrogen-bond acceptors (Lipinski definition) is 5. The summed E-state index contributed by atoms with van der Waals surface area (Å²) in [5, 5.41) is 5.50. The molecule has 0 saturated carbocycles. The molecule has 0 aliphatic rings. The molecule has 0 saturated heterocycles. The number of anilines is 1. The standard InChI is InChI=1S/C31H26N2O5/c1-2-37-29-13-7-6-11-24(29)21-27(33-30(35)23-9-4-3-5-10-23)31(36)32-25-16-14-22(15-17-25)28(34)19-18-26-12-8-20-38-26/h3-21H,2H2,1H3,(H,32,36)(H,33,35)/b19-18+,27-21-. The van der Waals surface area contributed by atoms with Gasteiger partial charge in [0.15, 0.2) is 5.78 Å². The van der Waals surface area contributed by atoms with Crippen LogP contribution in [0.5, 0.6) is 5.75 Å². The Kier molecular flexibility index (Phi) is 8.65. The molecule has 2 N–H and O–H groups in total. The molecule has 0 unspecified atom stereocenters. The number of carbonyl (C=O) groups is 3. The summed E-state index contributed by atoms with van der Waals surface area (Å²) in [7, 11) is 0. The Morgan fingerprint density at radius 2 is 1.58 bits per heavy atom. The van der Waals surface area contributed by atoms with Gasteiger partial charge in [0.1, 0.15) is 17.2 Å². The fourth-order valence-electron chi connectivity index (χ4n) is 3.54. The lowest BCUT2D eigenvalue weighted by Crippen LogP contribution is -2.30. The fraction of sp³-hybridized carbons (Fsp3) is 0.0645. The van der Waals surface area contributed by atoms with Gasteiger partial charge < -0.3 is 19.8 Å². The highest BCUT2D eigenvalue weighted by atomic mass is 16.5. The van der Waals surface area contributed by atoms with Gasteiger partial charge in [0.05, 0.1) is 12.9 Å². The lowest BCUT2D eigenvalue weighted by atomic mass is 10.1. The highest BCUT2D eigenvalue weighted by molar-refractivity contribution is 6.11. The molecule has 0 fully saturated rings. The van der Waals surface area contributed by atoms with Crippen molar-refractivity contribution in [3.63, 3.8) is 0 Å². The van der Waals surface area contributed by atoms with E-state index >= 15 is 0 Å². The van der Waals surface area contributed by atoms with E-state index in [4.69, 9.17) is 9.15 Å². The van der Waals surface area contributed by atoms with Gasteiger partial charge in [0, 0.05) is 22.4 Å². The topological polar surface area (TPSA) is 97.6 Å². The molecule has 2 amide bonds. The Morgan fingerprint density at radius 3 is 2.29 bits per heavy atom. The Labute approximate surface area is 220 Å². The number of furan rings is 1. The maximum atomic E-state index is 13.3. The van der Waals surface area contributed by atoms with Crippen molar-refractivity contribution in [1.82, 2.24) is 5.32 Å². The highest BCUT2D eigenvalue weighted by Crippen LogP contribution is 2.21. The average Bonchev–Trinajstić information content (AvgIpc) is 3.47. The van der Waals surface area contributed by atoms with Crippen LogP contribution in [0.15, 0.2) is 113 Å². The van der Waals surface area contributed by atoms with Crippen molar-refractivity contribution < 1.29 is 23.5 Å². The van der Waals surface area contributed by atoms with Gasteiger partial charge in [-0.05, 0) is 79.7 Å². The number of carbonyl (C=O) groups excluding carboxylic acids is 3. The SMILES string of the molecule is CCOc1ccccc1/C=C(\NC(=O)c1ccccc1)C(=O)Nc1ccc(C(=O)/C=C/c2ccco2)cc1. The van der Waals surface area contributed by atoms with Crippen LogP contribution in [0, 0.1) is 0 Å². The van der Waals surface area contributed by atoms with Gasteiger partial charge in [-0.2, -0.15) is 0 Å². The summed E-state index contributed by atoms with van der Waals surface area (Å²) >= 11 is 0. The van der Waals surface area contributed by atoms with Gasteiger partial charge in [-0.3, -0.25) is 14.4 Å². The van der Waals surface area contributed by atoms with Gasteiger partial charge in [0.2, 0.25) is 0 Å². The van der Waals surface area contributed by atoms with Crippen LogP contribution in [0.25, 0.3) is 12.2 Å². The molecule has 38 heavy (non-hydrogen) atoms. The number of amides is 2. The minimum atomic E-state index is -0.530. The quantitative estimate of drug-likeness (QED) is 0.204. The summed E-state index contributed by atoms with van der Waals surface area (Å²) in [5.74, 6) is -0.00481. The third kappa shape index (κ3) is 6.95. The van der Waals surface area contributed by atoms with Crippen molar-refractivity contribution >= 4 is 35.4 Å². The summed E-state index contributed by atoms with van der Waals surface area (Å²) < 4.78 is 10.9. The zero-order valence-electron chi connectivity index (χ0n) is 20.7. The number of allylic oxidation sites excluding steroid dienone is 1. The first kappa shape index (κ1) is 25.9. The Balaban J connectivity index is 1.54. The number of ketones is 1. The summed E-state index contributed by atoms with van der Waals surface area (Å²) in [5.41, 5.74) is 1.99. The van der Waals surface area contributed by atoms with Crippen molar-refractivity contribution in [2.45, 2.75) is 6.92 Å². The molecule has 3 aromatic carbocycles. The van der Waals surface area contributed by atoms with Crippen LogP contribution in [-0.2, 0) is 4.79 Å². The summed E-state index contributed by atoms with van der Waals surface area (Å²) in [4.78, 5) is 38.6. The minimum Gasteiger partial charge on any atom is -0.493 e. The smallest absolute Gasteiger partial charge is 0.272 e. The maximum Gasteiger partial charge on any atom is 0.272 e. The third-order valence-electron chi connectivity index (χ3n) is 5.42. The number of hydrogen-bond donors (Lipinski definition) is 2. The van der Waals surface area contributed by atoms with Crippen LogP contribution < -0.4 is 15.4 Å². The zero-order chi connectivity index (χ0) is 26.7. The number of benzene rings is 3. The fourth-order valence-corrected chi connectivity index (χ4v) is 3.54. The molecule has 190 valence electrons. The maximum absolute atomic E-state index is 13.3. The Morgan fingerprint density at radius 1 is 0.842 bits per heavy atom. The normalized spacial score (nSPS) is 11.2. The molecule has 4 aromatic rings. The largest absolute Gasteiger partial charge is 0.493 e. The van der Waals surface area contributed by atoms with Crippen molar-refractivity contribution in [2.24, 2.45) is 0 Å². The second-order valence-corrected chi connectivity index (χ2v) is 8.09. The minimum absolute atomic E-state index is 0.0348. The van der Waals surface area contributed by atoms with Crippen molar-refractivity contribution in [3.05, 3.63) is 131 Å². The van der Waals surface area contributed by atoms with Crippen LogP contribution in [0.2, 0.25) is 0 Å². The molecule has 0 bridgehead atoms. The molecular formula is C31H26N2O5. The molecule has 0 aliphatic carbocycles. The molecule has 7 nitrogen and oxygen atoms in total. The van der Waals surface area contributed by atoms with Crippen molar-refractivity contribution in [2.75, 3.05) is 11.9 Å². The van der Waals surface area contributed by atoms with E-state index in [-0.39, 0.29) is 11.5 Å². The van der Waals surface area contributed by atoms with Crippen LogP contribution in [0.4, 0.5) is 5.69 Å². The van der Waals surface area contributed by atoms with Crippen LogP contribution in [0.1, 0.15) is 39.0 Å². The first-order chi connectivity index (χ1) is 18.5. The number of ether oxygens (including phenoxy) is 1. The van der Waals surface area contributed by atoms with Crippen molar-refractivity contribution in [1.29, 1.82) is 0 Å². The number of nitrogens with one attached hydrogen (secondary N) is 2. The van der Waals surface area contributed by atoms with E-state index < -0.39 is 11.8 Å². The van der Waals surface area contributed by atoms with Gasteiger partial charge in [-0.25, -0.2) is 0 Å². The lowest BCUT2D eigenvalue weighted by molar-refractivity contribution is -0.113. The second-order valence-electron chi connectivity index (χ2n) is 8.09. The number of para-hydroxylation sites is 1. The molecule has 0 atom stereocenters. The summed E-state index contributed by atoms with van der Waals surface area (Å²) in [6, 6.07) is 25.8. The van der Waals surface area contributed by atoms with E-state index in [1.807, 2.05) is 19.1 Å². The molecule has 1 aromatic heterocycles. The van der Waals surface area contributed by atoms with E-state index in [1.165, 1.54) is 12.3 Å². The highest BCUT2D eigenvalue weighted by Gasteiger charge is 2.16. The van der Waals surface area contributed by atoms with E-state index in [0.29, 0.717) is 40.5 Å².